The Hall–Kier alpha value is -3.20. The smallest absolute Gasteiger partial charge is 0.342 e. The van der Waals surface area contributed by atoms with Crippen LogP contribution >= 0.6 is 34.5 Å². The highest BCUT2D eigenvalue weighted by molar-refractivity contribution is 7.15. The molecule has 0 aliphatic carbocycles. The lowest BCUT2D eigenvalue weighted by molar-refractivity contribution is -0.119. The molecule has 2 heterocycles. The largest absolute Gasteiger partial charge is 0.452 e. The number of amides is 2. The molecule has 2 amide bonds. The van der Waals surface area contributed by atoms with Gasteiger partial charge in [-0.2, -0.15) is 0 Å². The Balaban J connectivity index is 1.79. The van der Waals surface area contributed by atoms with E-state index >= 15 is 0 Å². The van der Waals surface area contributed by atoms with Crippen LogP contribution in [0.4, 0.5) is 10.8 Å². The van der Waals surface area contributed by atoms with Crippen LogP contribution in [0.5, 0.6) is 0 Å². The van der Waals surface area contributed by atoms with Crippen molar-refractivity contribution in [2.45, 2.75) is 13.8 Å². The van der Waals surface area contributed by atoms with Gasteiger partial charge in [0, 0.05) is 23.2 Å². The molecule has 0 radical (unpaired) electrons. The Morgan fingerprint density at radius 3 is 2.52 bits per heavy atom. The Kier molecular flexibility index (Phi) is 8.21. The van der Waals surface area contributed by atoms with Crippen molar-refractivity contribution in [3.63, 3.8) is 0 Å². The Morgan fingerprint density at radius 2 is 1.85 bits per heavy atom. The highest BCUT2D eigenvalue weighted by Gasteiger charge is 2.23. The predicted octanol–water partition coefficient (Wildman–Crippen LogP) is 5.82. The number of benzene rings is 1. The SMILES string of the molecule is CC(C)=CC(=O)Nc1scc(-c2ccccc2)c1C(=O)OCC(=O)Nc1ncc(Cl)cc1Cl. The van der Waals surface area contributed by atoms with E-state index in [9.17, 15) is 14.4 Å². The minimum atomic E-state index is -0.757. The number of nitrogens with one attached hydrogen (secondary N) is 2. The standard InChI is InChI=1S/C23H19Cl2N3O4S/c1-13(2)8-18(29)28-22-20(16(12-33-22)14-6-4-3-5-7-14)23(31)32-11-19(30)27-21-17(25)9-15(24)10-26-21/h3-10,12H,11H2,1-2H3,(H,28,29)(H,26,27,30). The van der Waals surface area contributed by atoms with Crippen LogP contribution in [0.25, 0.3) is 11.1 Å². The number of halogens is 2. The third kappa shape index (κ3) is 6.64. The lowest BCUT2D eigenvalue weighted by Crippen LogP contribution is -2.22. The van der Waals surface area contributed by atoms with Gasteiger partial charge < -0.3 is 15.4 Å². The molecule has 0 spiro atoms. The highest BCUT2D eigenvalue weighted by Crippen LogP contribution is 2.36. The van der Waals surface area contributed by atoms with E-state index in [2.05, 4.69) is 15.6 Å². The van der Waals surface area contributed by atoms with Crippen LogP contribution in [0.15, 0.2) is 59.6 Å². The number of rotatable bonds is 7. The zero-order chi connectivity index (χ0) is 24.0. The maximum atomic E-state index is 13.0. The van der Waals surface area contributed by atoms with Gasteiger partial charge in [-0.1, -0.05) is 59.1 Å². The molecule has 0 aliphatic heterocycles. The van der Waals surface area contributed by atoms with E-state index in [-0.39, 0.29) is 22.3 Å². The number of pyridine rings is 1. The molecule has 10 heteroatoms. The molecular formula is C23H19Cl2N3O4S. The number of carbonyl (C=O) groups is 3. The second-order valence-electron chi connectivity index (χ2n) is 7.04. The van der Waals surface area contributed by atoms with Crippen molar-refractivity contribution in [3.8, 4) is 11.1 Å². The van der Waals surface area contributed by atoms with E-state index in [0.29, 0.717) is 15.6 Å². The number of anilines is 2. The fourth-order valence-corrected chi connectivity index (χ4v) is 4.16. The van der Waals surface area contributed by atoms with Gasteiger partial charge in [0.25, 0.3) is 5.91 Å². The van der Waals surface area contributed by atoms with E-state index in [1.54, 1.807) is 19.2 Å². The maximum absolute atomic E-state index is 13.0. The Labute approximate surface area is 204 Å². The molecule has 2 N–H and O–H groups in total. The normalized spacial score (nSPS) is 10.3. The van der Waals surface area contributed by atoms with Crippen molar-refractivity contribution in [1.82, 2.24) is 4.98 Å². The number of esters is 1. The highest BCUT2D eigenvalue weighted by atomic mass is 35.5. The summed E-state index contributed by atoms with van der Waals surface area (Å²) in [6.07, 6.45) is 2.75. The fraction of sp³-hybridized carbons (Fsp3) is 0.130. The van der Waals surface area contributed by atoms with Gasteiger partial charge in [-0.25, -0.2) is 9.78 Å². The van der Waals surface area contributed by atoms with E-state index in [0.717, 1.165) is 11.1 Å². The van der Waals surface area contributed by atoms with Crippen molar-refractivity contribution >= 4 is 63.1 Å². The zero-order valence-corrected chi connectivity index (χ0v) is 20.0. The first-order chi connectivity index (χ1) is 15.7. The van der Waals surface area contributed by atoms with Gasteiger partial charge in [-0.15, -0.1) is 11.3 Å². The van der Waals surface area contributed by atoms with Gasteiger partial charge in [0.05, 0.1) is 10.0 Å². The average molecular weight is 504 g/mol. The summed E-state index contributed by atoms with van der Waals surface area (Å²) in [5.41, 5.74) is 2.32. The number of ether oxygens (including phenoxy) is 1. The van der Waals surface area contributed by atoms with Crippen LogP contribution in [-0.4, -0.2) is 29.4 Å². The van der Waals surface area contributed by atoms with Crippen LogP contribution in [0.3, 0.4) is 0 Å². The molecule has 3 aromatic rings. The molecule has 7 nitrogen and oxygen atoms in total. The summed E-state index contributed by atoms with van der Waals surface area (Å²) in [4.78, 5) is 41.4. The molecule has 0 unspecified atom stereocenters. The van der Waals surface area contributed by atoms with Crippen molar-refractivity contribution in [3.05, 3.63) is 75.2 Å². The maximum Gasteiger partial charge on any atom is 0.342 e. The van der Waals surface area contributed by atoms with E-state index in [4.69, 9.17) is 27.9 Å². The molecule has 0 saturated carbocycles. The molecule has 3 rings (SSSR count). The van der Waals surface area contributed by atoms with Gasteiger partial charge >= 0.3 is 5.97 Å². The number of hydrogen-bond acceptors (Lipinski definition) is 6. The minimum absolute atomic E-state index is 0.0947. The van der Waals surface area contributed by atoms with Crippen molar-refractivity contribution in [2.75, 3.05) is 17.2 Å². The third-order valence-corrected chi connectivity index (χ3v) is 5.53. The van der Waals surface area contributed by atoms with Crippen LogP contribution in [-0.2, 0) is 14.3 Å². The van der Waals surface area contributed by atoms with Gasteiger partial charge in [-0.3, -0.25) is 9.59 Å². The topological polar surface area (TPSA) is 97.4 Å². The summed E-state index contributed by atoms with van der Waals surface area (Å²) in [5.74, 6) is -1.66. The summed E-state index contributed by atoms with van der Waals surface area (Å²) in [7, 11) is 0. The third-order valence-electron chi connectivity index (χ3n) is 4.14. The first-order valence-corrected chi connectivity index (χ1v) is 11.3. The van der Waals surface area contributed by atoms with Crippen molar-refractivity contribution < 1.29 is 19.1 Å². The van der Waals surface area contributed by atoms with Crippen LogP contribution in [0, 0.1) is 0 Å². The molecule has 33 heavy (non-hydrogen) atoms. The lowest BCUT2D eigenvalue weighted by atomic mass is 10.0. The van der Waals surface area contributed by atoms with Crippen molar-refractivity contribution in [1.29, 1.82) is 0 Å². The number of hydrogen-bond donors (Lipinski definition) is 2. The quantitative estimate of drug-likeness (QED) is 0.312. The van der Waals surface area contributed by atoms with Gasteiger partial charge in [0.2, 0.25) is 5.91 Å². The first-order valence-electron chi connectivity index (χ1n) is 9.65. The monoisotopic (exact) mass is 503 g/mol. The second kappa shape index (κ2) is 11.1. The Morgan fingerprint density at radius 1 is 1.12 bits per heavy atom. The van der Waals surface area contributed by atoms with E-state index in [1.807, 2.05) is 30.3 Å². The molecular weight excluding hydrogens is 485 g/mol. The number of carbonyl (C=O) groups excluding carboxylic acids is 3. The fourth-order valence-electron chi connectivity index (χ4n) is 2.77. The summed E-state index contributed by atoms with van der Waals surface area (Å²) < 4.78 is 5.24. The minimum Gasteiger partial charge on any atom is -0.452 e. The molecule has 0 atom stereocenters. The molecule has 170 valence electrons. The number of thiophene rings is 1. The number of aromatic nitrogens is 1. The van der Waals surface area contributed by atoms with Crippen molar-refractivity contribution in [2.24, 2.45) is 0 Å². The summed E-state index contributed by atoms with van der Waals surface area (Å²) in [6, 6.07) is 10.6. The van der Waals surface area contributed by atoms with E-state index in [1.165, 1.54) is 29.7 Å². The van der Waals surface area contributed by atoms with Gasteiger partial charge in [0.1, 0.15) is 10.6 Å². The average Bonchev–Trinajstić information content (AvgIpc) is 3.17. The first kappa shape index (κ1) is 24.4. The predicted molar refractivity (Wildman–Crippen MR) is 131 cm³/mol. The zero-order valence-electron chi connectivity index (χ0n) is 17.6. The van der Waals surface area contributed by atoms with Crippen LogP contribution < -0.4 is 10.6 Å². The number of allylic oxidation sites excluding steroid dienone is 1. The molecule has 0 aliphatic rings. The van der Waals surface area contributed by atoms with Crippen LogP contribution in [0.1, 0.15) is 24.2 Å². The molecule has 0 saturated heterocycles. The summed E-state index contributed by atoms with van der Waals surface area (Å²) in [5, 5.41) is 7.72. The lowest BCUT2D eigenvalue weighted by Gasteiger charge is -2.10. The molecule has 0 bridgehead atoms. The van der Waals surface area contributed by atoms with Crippen LogP contribution in [0.2, 0.25) is 10.0 Å². The van der Waals surface area contributed by atoms with Gasteiger partial charge in [0.15, 0.2) is 12.4 Å². The molecule has 2 aromatic heterocycles. The number of nitrogens with zero attached hydrogens (tertiary/aromatic N) is 1. The second-order valence-corrected chi connectivity index (χ2v) is 8.76. The summed E-state index contributed by atoms with van der Waals surface area (Å²) in [6.45, 7) is 3.00. The van der Waals surface area contributed by atoms with Gasteiger partial charge in [-0.05, 0) is 25.5 Å². The molecule has 0 fully saturated rings. The Bertz CT molecular complexity index is 1220. The molecule has 1 aromatic carbocycles. The summed E-state index contributed by atoms with van der Waals surface area (Å²) >= 11 is 13.0. The van der Waals surface area contributed by atoms with E-state index < -0.39 is 18.5 Å².